The van der Waals surface area contributed by atoms with E-state index in [0.29, 0.717) is 5.41 Å². The highest BCUT2D eigenvalue weighted by Crippen LogP contribution is 2.55. The van der Waals surface area contributed by atoms with Crippen LogP contribution in [0.5, 0.6) is 0 Å². The smallest absolute Gasteiger partial charge is 0.0683 e. The molecule has 0 aromatic heterocycles. The minimum absolute atomic E-state index is 0.177. The largest absolute Gasteiger partial charge is 0.381 e. The molecule has 1 aromatic carbocycles. The lowest BCUT2D eigenvalue weighted by molar-refractivity contribution is -0.120. The summed E-state index contributed by atoms with van der Waals surface area (Å²) < 4.78 is 12.0. The van der Waals surface area contributed by atoms with Gasteiger partial charge in [-0.3, -0.25) is 0 Å². The number of hydrogen-bond donors (Lipinski definition) is 0. The SMILES string of the molecule is C=CCCOCCCCOC12CCC(c3ccc(C)cc3)(CC1)CC2. The number of aryl methyl sites for hydroxylation is 1. The minimum Gasteiger partial charge on any atom is -0.381 e. The Bertz CT molecular complexity index is 521. The van der Waals surface area contributed by atoms with Crippen LogP contribution in [0.1, 0.15) is 68.9 Å². The van der Waals surface area contributed by atoms with Crippen LogP contribution in [0.15, 0.2) is 36.9 Å². The van der Waals surface area contributed by atoms with Gasteiger partial charge >= 0.3 is 0 Å². The molecule has 2 nitrogen and oxygen atoms in total. The first-order valence-corrected chi connectivity index (χ1v) is 10.1. The molecule has 0 spiro atoms. The Morgan fingerprint density at radius 1 is 0.920 bits per heavy atom. The molecule has 0 atom stereocenters. The third-order valence-electron chi connectivity index (χ3n) is 6.40. The maximum absolute atomic E-state index is 6.41. The lowest BCUT2D eigenvalue weighted by Crippen LogP contribution is -2.49. The second kappa shape index (κ2) is 8.51. The highest BCUT2D eigenvalue weighted by Gasteiger charge is 2.49. The third-order valence-corrected chi connectivity index (χ3v) is 6.40. The van der Waals surface area contributed by atoms with Gasteiger partial charge in [-0.1, -0.05) is 35.9 Å². The van der Waals surface area contributed by atoms with Crippen molar-refractivity contribution in [2.75, 3.05) is 19.8 Å². The standard InChI is InChI=1S/C23H34O2/c1-3-4-17-24-18-5-6-19-25-23-14-11-22(12-15-23,13-16-23)21-9-7-20(2)8-10-21/h3,7-10H,1,4-6,11-19H2,2H3. The van der Waals surface area contributed by atoms with Gasteiger partial charge in [0.25, 0.3) is 0 Å². The first kappa shape index (κ1) is 18.7. The van der Waals surface area contributed by atoms with E-state index in [1.807, 2.05) is 6.08 Å². The van der Waals surface area contributed by atoms with Crippen LogP contribution in [-0.2, 0) is 14.9 Å². The molecule has 3 fully saturated rings. The molecule has 0 heterocycles. The molecule has 0 amide bonds. The Morgan fingerprint density at radius 3 is 2.20 bits per heavy atom. The van der Waals surface area contributed by atoms with Gasteiger partial charge < -0.3 is 9.47 Å². The fraction of sp³-hybridized carbons (Fsp3) is 0.652. The lowest BCUT2D eigenvalue weighted by atomic mass is 9.56. The minimum atomic E-state index is 0.177. The number of rotatable bonds is 10. The third kappa shape index (κ3) is 4.54. The molecule has 3 aliphatic carbocycles. The first-order valence-electron chi connectivity index (χ1n) is 10.1. The Balaban J connectivity index is 1.40. The molecule has 25 heavy (non-hydrogen) atoms. The zero-order chi connectivity index (χ0) is 17.6. The summed E-state index contributed by atoms with van der Waals surface area (Å²) >= 11 is 0. The fourth-order valence-corrected chi connectivity index (χ4v) is 4.57. The molecule has 138 valence electrons. The van der Waals surface area contributed by atoms with E-state index in [2.05, 4.69) is 37.8 Å². The van der Waals surface area contributed by atoms with E-state index in [0.717, 1.165) is 39.1 Å². The van der Waals surface area contributed by atoms with Gasteiger partial charge in [-0.05, 0) is 75.7 Å². The monoisotopic (exact) mass is 342 g/mol. The molecule has 1 aromatic rings. The van der Waals surface area contributed by atoms with Gasteiger partial charge in [0, 0.05) is 19.8 Å². The second-order valence-electron chi connectivity index (χ2n) is 8.07. The molecular formula is C23H34O2. The number of ether oxygens (including phenoxy) is 2. The number of fused-ring (bicyclic) bond motifs is 3. The van der Waals surface area contributed by atoms with Crippen molar-refractivity contribution in [3.8, 4) is 0 Å². The molecule has 2 bridgehead atoms. The zero-order valence-corrected chi connectivity index (χ0v) is 15.9. The van der Waals surface area contributed by atoms with Crippen molar-refractivity contribution < 1.29 is 9.47 Å². The Hall–Kier alpha value is -1.12. The second-order valence-corrected chi connectivity index (χ2v) is 8.07. The molecule has 0 unspecified atom stereocenters. The quantitative estimate of drug-likeness (QED) is 0.399. The Labute approximate surface area is 153 Å². The van der Waals surface area contributed by atoms with E-state index in [1.165, 1.54) is 44.1 Å². The van der Waals surface area contributed by atoms with Crippen molar-refractivity contribution >= 4 is 0 Å². The summed E-state index contributed by atoms with van der Waals surface area (Å²) in [5.41, 5.74) is 3.52. The van der Waals surface area contributed by atoms with Crippen LogP contribution in [0.3, 0.4) is 0 Å². The zero-order valence-electron chi connectivity index (χ0n) is 15.9. The molecular weight excluding hydrogens is 308 g/mol. The average molecular weight is 343 g/mol. The summed E-state index contributed by atoms with van der Waals surface area (Å²) in [5, 5.41) is 0. The highest BCUT2D eigenvalue weighted by atomic mass is 16.5. The summed E-state index contributed by atoms with van der Waals surface area (Å²) in [6.45, 7) is 8.42. The van der Waals surface area contributed by atoms with E-state index in [4.69, 9.17) is 9.47 Å². The molecule has 2 heteroatoms. The van der Waals surface area contributed by atoms with Gasteiger partial charge in [0.1, 0.15) is 0 Å². The summed E-state index contributed by atoms with van der Waals surface area (Å²) in [5.74, 6) is 0. The van der Waals surface area contributed by atoms with E-state index in [9.17, 15) is 0 Å². The Kier molecular flexibility index (Phi) is 6.35. The maximum Gasteiger partial charge on any atom is 0.0683 e. The summed E-state index contributed by atoms with van der Waals surface area (Å²) in [6, 6.07) is 9.27. The maximum atomic E-state index is 6.41. The van der Waals surface area contributed by atoms with Crippen molar-refractivity contribution in [3.63, 3.8) is 0 Å². The highest BCUT2D eigenvalue weighted by molar-refractivity contribution is 5.31. The molecule has 0 aliphatic heterocycles. The number of hydrogen-bond acceptors (Lipinski definition) is 2. The Morgan fingerprint density at radius 2 is 1.56 bits per heavy atom. The summed E-state index contributed by atoms with van der Waals surface area (Å²) in [4.78, 5) is 0. The van der Waals surface area contributed by atoms with Crippen LogP contribution in [0, 0.1) is 6.92 Å². The molecule has 0 radical (unpaired) electrons. The van der Waals surface area contributed by atoms with Crippen LogP contribution in [0.4, 0.5) is 0 Å². The fourth-order valence-electron chi connectivity index (χ4n) is 4.57. The molecule has 0 saturated heterocycles. The predicted molar refractivity (Wildman–Crippen MR) is 104 cm³/mol. The van der Waals surface area contributed by atoms with Gasteiger partial charge in [-0.25, -0.2) is 0 Å². The average Bonchev–Trinajstić information content (AvgIpc) is 2.66. The van der Waals surface area contributed by atoms with Crippen molar-refractivity contribution in [1.29, 1.82) is 0 Å². The summed E-state index contributed by atoms with van der Waals surface area (Å²) in [7, 11) is 0. The van der Waals surface area contributed by atoms with Crippen molar-refractivity contribution in [2.24, 2.45) is 0 Å². The van der Waals surface area contributed by atoms with E-state index in [-0.39, 0.29) is 5.60 Å². The van der Waals surface area contributed by atoms with Crippen LogP contribution in [-0.4, -0.2) is 25.4 Å². The van der Waals surface area contributed by atoms with Crippen molar-refractivity contribution in [3.05, 3.63) is 48.0 Å². The normalized spacial score (nSPS) is 28.2. The predicted octanol–water partition coefficient (Wildman–Crippen LogP) is 5.73. The number of unbranched alkanes of at least 4 members (excludes halogenated alkanes) is 1. The molecule has 0 N–H and O–H groups in total. The summed E-state index contributed by atoms with van der Waals surface area (Å²) in [6.07, 6.45) is 12.6. The van der Waals surface area contributed by atoms with E-state index < -0.39 is 0 Å². The van der Waals surface area contributed by atoms with E-state index in [1.54, 1.807) is 5.56 Å². The topological polar surface area (TPSA) is 18.5 Å². The first-order chi connectivity index (χ1) is 12.2. The van der Waals surface area contributed by atoms with Gasteiger partial charge in [0.2, 0.25) is 0 Å². The van der Waals surface area contributed by atoms with Gasteiger partial charge in [0.15, 0.2) is 0 Å². The molecule has 3 saturated carbocycles. The van der Waals surface area contributed by atoms with Gasteiger partial charge in [-0.2, -0.15) is 0 Å². The van der Waals surface area contributed by atoms with Crippen LogP contribution >= 0.6 is 0 Å². The van der Waals surface area contributed by atoms with Crippen LogP contribution in [0.25, 0.3) is 0 Å². The lowest BCUT2D eigenvalue weighted by Gasteiger charge is -2.53. The molecule has 3 aliphatic rings. The van der Waals surface area contributed by atoms with Gasteiger partial charge in [-0.15, -0.1) is 6.58 Å². The molecule has 4 rings (SSSR count). The number of benzene rings is 1. The van der Waals surface area contributed by atoms with Crippen LogP contribution < -0.4 is 0 Å². The van der Waals surface area contributed by atoms with Crippen molar-refractivity contribution in [2.45, 2.75) is 75.7 Å². The van der Waals surface area contributed by atoms with Gasteiger partial charge in [0.05, 0.1) is 5.60 Å². The van der Waals surface area contributed by atoms with Crippen LogP contribution in [0.2, 0.25) is 0 Å². The van der Waals surface area contributed by atoms with E-state index >= 15 is 0 Å². The van der Waals surface area contributed by atoms with Crippen molar-refractivity contribution in [1.82, 2.24) is 0 Å².